The summed E-state index contributed by atoms with van der Waals surface area (Å²) in [6, 6.07) is 0.373. The van der Waals surface area contributed by atoms with Crippen LogP contribution < -0.4 is 5.32 Å². The Bertz CT molecular complexity index is 284. The zero-order chi connectivity index (χ0) is 11.3. The van der Waals surface area contributed by atoms with E-state index in [9.17, 15) is 5.11 Å². The van der Waals surface area contributed by atoms with E-state index in [0.29, 0.717) is 24.3 Å². The first-order valence-corrected chi connectivity index (χ1v) is 5.39. The van der Waals surface area contributed by atoms with E-state index in [2.05, 4.69) is 29.3 Å². The molecule has 1 aromatic heterocycles. The summed E-state index contributed by atoms with van der Waals surface area (Å²) in [5.41, 5.74) is 0. The molecule has 0 aliphatic rings. The van der Waals surface area contributed by atoms with Gasteiger partial charge in [0.2, 0.25) is 0 Å². The summed E-state index contributed by atoms with van der Waals surface area (Å²) in [5.74, 6) is 0.913. The van der Waals surface area contributed by atoms with Crippen molar-refractivity contribution >= 4 is 6.01 Å². The number of aryl methyl sites for hydroxylation is 1. The largest absolute Gasteiger partial charge is 0.391 e. The Morgan fingerprint density at radius 2 is 2.07 bits per heavy atom. The lowest BCUT2D eigenvalue weighted by molar-refractivity contribution is 0.114. The summed E-state index contributed by atoms with van der Waals surface area (Å²) >= 11 is 0. The number of anilines is 1. The standard InChI is InChI=1S/C10H19N3O2/c1-4-8(5-2)9(14)6-11-10-12-7(3)13-15-10/h8-9,14H,4-6H2,1-3H3,(H,11,12,13). The third-order valence-electron chi connectivity index (χ3n) is 2.58. The van der Waals surface area contributed by atoms with E-state index < -0.39 is 0 Å². The Kier molecular flexibility index (Phi) is 4.55. The van der Waals surface area contributed by atoms with Crippen molar-refractivity contribution < 1.29 is 9.63 Å². The Balaban J connectivity index is 2.36. The van der Waals surface area contributed by atoms with Gasteiger partial charge in [-0.2, -0.15) is 4.98 Å². The van der Waals surface area contributed by atoms with E-state index in [-0.39, 0.29) is 6.10 Å². The number of hydrogen-bond acceptors (Lipinski definition) is 5. The molecule has 1 heterocycles. The fraction of sp³-hybridized carbons (Fsp3) is 0.800. The summed E-state index contributed by atoms with van der Waals surface area (Å²) in [6.45, 7) is 6.36. The second-order valence-corrected chi connectivity index (χ2v) is 3.67. The second kappa shape index (κ2) is 5.70. The summed E-state index contributed by atoms with van der Waals surface area (Å²) in [4.78, 5) is 3.99. The van der Waals surface area contributed by atoms with Gasteiger partial charge in [-0.1, -0.05) is 31.8 Å². The van der Waals surface area contributed by atoms with Gasteiger partial charge in [0.1, 0.15) is 0 Å². The number of hydrogen-bond donors (Lipinski definition) is 2. The van der Waals surface area contributed by atoms with Crippen molar-refractivity contribution in [1.29, 1.82) is 0 Å². The average molecular weight is 213 g/mol. The number of aromatic nitrogens is 2. The number of nitrogens with one attached hydrogen (secondary N) is 1. The predicted octanol–water partition coefficient (Wildman–Crippen LogP) is 1.59. The first kappa shape index (κ1) is 12.0. The fourth-order valence-electron chi connectivity index (χ4n) is 1.56. The van der Waals surface area contributed by atoms with E-state index in [0.717, 1.165) is 12.8 Å². The zero-order valence-electron chi connectivity index (χ0n) is 9.53. The van der Waals surface area contributed by atoms with Crippen molar-refractivity contribution in [3.8, 4) is 0 Å². The molecule has 0 fully saturated rings. The Hall–Kier alpha value is -1.10. The van der Waals surface area contributed by atoms with Crippen LogP contribution in [0.1, 0.15) is 32.5 Å². The monoisotopic (exact) mass is 213 g/mol. The minimum atomic E-state index is -0.368. The third kappa shape index (κ3) is 3.51. The van der Waals surface area contributed by atoms with Crippen LogP contribution >= 0.6 is 0 Å². The molecular formula is C10H19N3O2. The van der Waals surface area contributed by atoms with Crippen molar-refractivity contribution in [3.63, 3.8) is 0 Å². The van der Waals surface area contributed by atoms with Crippen molar-refractivity contribution in [1.82, 2.24) is 10.1 Å². The van der Waals surface area contributed by atoms with Crippen LogP contribution in [0.2, 0.25) is 0 Å². The molecule has 0 saturated heterocycles. The Morgan fingerprint density at radius 1 is 1.40 bits per heavy atom. The summed E-state index contributed by atoms with van der Waals surface area (Å²) < 4.78 is 4.88. The van der Waals surface area contributed by atoms with Crippen molar-refractivity contribution in [2.45, 2.75) is 39.7 Å². The summed E-state index contributed by atoms with van der Waals surface area (Å²) in [6.07, 6.45) is 1.58. The maximum atomic E-state index is 9.82. The molecule has 0 radical (unpaired) electrons. The van der Waals surface area contributed by atoms with Gasteiger partial charge < -0.3 is 14.9 Å². The van der Waals surface area contributed by atoms with Gasteiger partial charge >= 0.3 is 6.01 Å². The van der Waals surface area contributed by atoms with Crippen molar-refractivity contribution in [2.75, 3.05) is 11.9 Å². The highest BCUT2D eigenvalue weighted by Gasteiger charge is 2.15. The molecule has 1 aromatic rings. The maximum Gasteiger partial charge on any atom is 0.321 e. The molecule has 0 aliphatic carbocycles. The molecule has 5 nitrogen and oxygen atoms in total. The van der Waals surface area contributed by atoms with Crippen LogP contribution in [0.25, 0.3) is 0 Å². The molecule has 0 spiro atoms. The lowest BCUT2D eigenvalue weighted by atomic mass is 9.97. The van der Waals surface area contributed by atoms with Gasteiger partial charge in [0, 0.05) is 6.54 Å². The van der Waals surface area contributed by atoms with Gasteiger partial charge in [-0.05, 0) is 12.8 Å². The molecule has 1 atom stereocenters. The number of nitrogens with zero attached hydrogens (tertiary/aromatic N) is 2. The molecule has 0 amide bonds. The van der Waals surface area contributed by atoms with E-state index in [1.165, 1.54) is 0 Å². The quantitative estimate of drug-likeness (QED) is 0.750. The molecule has 2 N–H and O–H groups in total. The topological polar surface area (TPSA) is 71.2 Å². The Morgan fingerprint density at radius 3 is 2.53 bits per heavy atom. The summed E-state index contributed by atoms with van der Waals surface area (Å²) in [7, 11) is 0. The number of aliphatic hydroxyl groups excluding tert-OH is 1. The van der Waals surface area contributed by atoms with Crippen LogP contribution in [0.4, 0.5) is 6.01 Å². The Labute approximate surface area is 89.9 Å². The average Bonchev–Trinajstić information content (AvgIpc) is 2.63. The molecule has 0 saturated carbocycles. The molecule has 15 heavy (non-hydrogen) atoms. The van der Waals surface area contributed by atoms with Crippen LogP contribution in [-0.4, -0.2) is 27.9 Å². The molecule has 0 bridgehead atoms. The van der Waals surface area contributed by atoms with Gasteiger partial charge in [-0.15, -0.1) is 0 Å². The van der Waals surface area contributed by atoms with Crippen molar-refractivity contribution in [3.05, 3.63) is 5.82 Å². The molecule has 5 heteroatoms. The molecule has 0 aromatic carbocycles. The summed E-state index contributed by atoms with van der Waals surface area (Å²) in [5, 5.41) is 16.4. The van der Waals surface area contributed by atoms with Gasteiger partial charge in [0.15, 0.2) is 5.82 Å². The highest BCUT2D eigenvalue weighted by molar-refractivity contribution is 5.17. The minimum Gasteiger partial charge on any atom is -0.391 e. The van der Waals surface area contributed by atoms with Gasteiger partial charge in [0.25, 0.3) is 0 Å². The molecule has 86 valence electrons. The molecular weight excluding hydrogens is 194 g/mol. The highest BCUT2D eigenvalue weighted by atomic mass is 16.5. The van der Waals surface area contributed by atoms with E-state index >= 15 is 0 Å². The molecule has 0 aliphatic heterocycles. The lowest BCUT2D eigenvalue weighted by Gasteiger charge is -2.19. The first-order valence-electron chi connectivity index (χ1n) is 5.39. The van der Waals surface area contributed by atoms with Crippen LogP contribution in [0.3, 0.4) is 0 Å². The first-order chi connectivity index (χ1) is 7.17. The van der Waals surface area contributed by atoms with Gasteiger partial charge in [-0.25, -0.2) is 0 Å². The number of aliphatic hydroxyl groups is 1. The van der Waals surface area contributed by atoms with E-state index in [1.54, 1.807) is 6.92 Å². The SMILES string of the molecule is CCC(CC)C(O)CNc1nc(C)no1. The molecule has 1 rings (SSSR count). The van der Waals surface area contributed by atoms with Gasteiger partial charge in [-0.3, -0.25) is 0 Å². The zero-order valence-corrected chi connectivity index (χ0v) is 9.53. The smallest absolute Gasteiger partial charge is 0.321 e. The third-order valence-corrected chi connectivity index (χ3v) is 2.58. The van der Waals surface area contributed by atoms with Crippen LogP contribution in [0.15, 0.2) is 4.52 Å². The minimum absolute atomic E-state index is 0.321. The van der Waals surface area contributed by atoms with Crippen LogP contribution in [-0.2, 0) is 0 Å². The van der Waals surface area contributed by atoms with Crippen molar-refractivity contribution in [2.24, 2.45) is 5.92 Å². The highest BCUT2D eigenvalue weighted by Crippen LogP contribution is 2.13. The van der Waals surface area contributed by atoms with Crippen LogP contribution in [0, 0.1) is 12.8 Å². The van der Waals surface area contributed by atoms with Gasteiger partial charge in [0.05, 0.1) is 6.10 Å². The van der Waals surface area contributed by atoms with E-state index in [1.807, 2.05) is 0 Å². The maximum absolute atomic E-state index is 9.82. The lowest BCUT2D eigenvalue weighted by Crippen LogP contribution is -2.27. The molecule has 1 unspecified atom stereocenters. The predicted molar refractivity (Wildman–Crippen MR) is 57.6 cm³/mol. The van der Waals surface area contributed by atoms with Crippen LogP contribution in [0.5, 0.6) is 0 Å². The number of rotatable bonds is 6. The van der Waals surface area contributed by atoms with E-state index in [4.69, 9.17) is 4.52 Å². The normalized spacial score (nSPS) is 13.1. The fourth-order valence-corrected chi connectivity index (χ4v) is 1.56. The second-order valence-electron chi connectivity index (χ2n) is 3.67.